The number of nitrogens with zero attached hydrogens (tertiary/aromatic N) is 1. The Hall–Kier alpha value is -5.28. The van der Waals surface area contributed by atoms with E-state index in [2.05, 4.69) is 114 Å². The van der Waals surface area contributed by atoms with Crippen LogP contribution in [0.3, 0.4) is 0 Å². The summed E-state index contributed by atoms with van der Waals surface area (Å²) < 4.78 is 15.0. The van der Waals surface area contributed by atoms with Crippen molar-refractivity contribution in [2.75, 3.05) is 0 Å². The Morgan fingerprint density at radius 3 is 1.79 bits per heavy atom. The molecule has 3 nitrogen and oxygen atoms in total. The number of fused-ring (bicyclic) bond motifs is 9. The predicted octanol–water partition coefficient (Wildman–Crippen LogP) is 10.2. The molecule has 9 rings (SSSR count). The first-order valence-electron chi connectivity index (χ1n) is 13.2. The fourth-order valence-corrected chi connectivity index (χ4v) is 6.36. The maximum Gasteiger partial charge on any atom is 0.137 e. The zero-order valence-corrected chi connectivity index (χ0v) is 20.9. The molecule has 39 heavy (non-hydrogen) atoms. The molecule has 0 aliphatic carbocycles. The SMILES string of the molecule is c1ccc2c(c1)oc1cccc(-c3ccc4c(c3)oc3cccc(-n5c6ccccc6c6ccccc65)c34)c12. The van der Waals surface area contributed by atoms with Gasteiger partial charge in [0.25, 0.3) is 0 Å². The molecule has 0 bridgehead atoms. The van der Waals surface area contributed by atoms with Gasteiger partial charge in [-0.05, 0) is 59.7 Å². The first kappa shape index (κ1) is 20.7. The van der Waals surface area contributed by atoms with Gasteiger partial charge in [-0.2, -0.15) is 0 Å². The molecule has 0 saturated carbocycles. The molecule has 3 aromatic heterocycles. The third kappa shape index (κ3) is 2.82. The summed E-state index contributed by atoms with van der Waals surface area (Å²) in [7, 11) is 0. The van der Waals surface area contributed by atoms with Crippen LogP contribution in [0.5, 0.6) is 0 Å². The Bertz CT molecular complexity index is 2350. The molecule has 3 heteroatoms. The molecule has 0 spiro atoms. The molecule has 0 aliphatic rings. The highest BCUT2D eigenvalue weighted by atomic mass is 16.3. The molecule has 0 radical (unpaired) electrons. The van der Waals surface area contributed by atoms with Crippen molar-refractivity contribution in [2.45, 2.75) is 0 Å². The van der Waals surface area contributed by atoms with Gasteiger partial charge in [0.2, 0.25) is 0 Å². The second kappa shape index (κ2) is 7.62. The van der Waals surface area contributed by atoms with Crippen LogP contribution in [-0.4, -0.2) is 4.57 Å². The van der Waals surface area contributed by atoms with E-state index < -0.39 is 0 Å². The van der Waals surface area contributed by atoms with Gasteiger partial charge in [0, 0.05) is 26.9 Å². The summed E-state index contributed by atoms with van der Waals surface area (Å²) in [5, 5.41) is 6.99. The van der Waals surface area contributed by atoms with Gasteiger partial charge < -0.3 is 13.4 Å². The van der Waals surface area contributed by atoms with Crippen molar-refractivity contribution in [2.24, 2.45) is 0 Å². The van der Waals surface area contributed by atoms with Crippen molar-refractivity contribution < 1.29 is 8.83 Å². The minimum Gasteiger partial charge on any atom is -0.456 e. The molecular weight excluding hydrogens is 478 g/mol. The number of furan rings is 2. The van der Waals surface area contributed by atoms with E-state index in [1.807, 2.05) is 18.2 Å². The zero-order chi connectivity index (χ0) is 25.5. The van der Waals surface area contributed by atoms with Crippen molar-refractivity contribution in [3.05, 3.63) is 127 Å². The van der Waals surface area contributed by atoms with Crippen molar-refractivity contribution in [3.8, 4) is 16.8 Å². The van der Waals surface area contributed by atoms with Gasteiger partial charge in [0.1, 0.15) is 22.3 Å². The molecule has 0 fully saturated rings. The molecule has 0 unspecified atom stereocenters. The highest BCUT2D eigenvalue weighted by Gasteiger charge is 2.18. The number of aromatic nitrogens is 1. The van der Waals surface area contributed by atoms with E-state index in [9.17, 15) is 0 Å². The fourth-order valence-electron chi connectivity index (χ4n) is 6.36. The number of rotatable bonds is 2. The van der Waals surface area contributed by atoms with Crippen molar-refractivity contribution >= 4 is 65.7 Å². The van der Waals surface area contributed by atoms with Crippen LogP contribution in [0.1, 0.15) is 0 Å². The average Bonchev–Trinajstić information content (AvgIpc) is 3.66. The van der Waals surface area contributed by atoms with Crippen LogP contribution in [-0.2, 0) is 0 Å². The lowest BCUT2D eigenvalue weighted by molar-refractivity contribution is 0.668. The largest absolute Gasteiger partial charge is 0.456 e. The van der Waals surface area contributed by atoms with Crippen LogP contribution >= 0.6 is 0 Å². The summed E-state index contributed by atoms with van der Waals surface area (Å²) in [6.45, 7) is 0. The Morgan fingerprint density at radius 2 is 1.00 bits per heavy atom. The molecule has 0 atom stereocenters. The van der Waals surface area contributed by atoms with Gasteiger partial charge in [-0.15, -0.1) is 0 Å². The van der Waals surface area contributed by atoms with E-state index in [0.717, 1.165) is 60.7 Å². The van der Waals surface area contributed by atoms with Gasteiger partial charge in [-0.3, -0.25) is 0 Å². The molecular formula is C36H21NO2. The van der Waals surface area contributed by atoms with E-state index in [1.54, 1.807) is 0 Å². The Balaban J connectivity index is 1.32. The van der Waals surface area contributed by atoms with Crippen molar-refractivity contribution in [1.29, 1.82) is 0 Å². The average molecular weight is 500 g/mol. The van der Waals surface area contributed by atoms with E-state index in [0.29, 0.717) is 0 Å². The highest BCUT2D eigenvalue weighted by Crippen LogP contribution is 2.41. The number of benzene rings is 6. The summed E-state index contributed by atoms with van der Waals surface area (Å²) in [6, 6.07) is 44.7. The number of para-hydroxylation sites is 3. The topological polar surface area (TPSA) is 31.2 Å². The lowest BCUT2D eigenvalue weighted by atomic mass is 9.98. The van der Waals surface area contributed by atoms with Gasteiger partial charge in [0.05, 0.1) is 22.1 Å². The quantitative estimate of drug-likeness (QED) is 0.237. The first-order valence-corrected chi connectivity index (χ1v) is 13.2. The van der Waals surface area contributed by atoms with E-state index >= 15 is 0 Å². The maximum absolute atomic E-state index is 6.52. The Morgan fingerprint density at radius 1 is 0.410 bits per heavy atom. The van der Waals surface area contributed by atoms with Crippen LogP contribution in [0.2, 0.25) is 0 Å². The van der Waals surface area contributed by atoms with Crippen LogP contribution in [0, 0.1) is 0 Å². The lowest BCUT2D eigenvalue weighted by Crippen LogP contribution is -1.94. The number of hydrogen-bond acceptors (Lipinski definition) is 2. The van der Waals surface area contributed by atoms with Gasteiger partial charge in [-0.25, -0.2) is 0 Å². The molecule has 3 heterocycles. The van der Waals surface area contributed by atoms with Crippen LogP contribution < -0.4 is 0 Å². The summed E-state index contributed by atoms with van der Waals surface area (Å²) >= 11 is 0. The smallest absolute Gasteiger partial charge is 0.137 e. The van der Waals surface area contributed by atoms with Crippen LogP contribution in [0.15, 0.2) is 136 Å². The molecule has 9 aromatic rings. The van der Waals surface area contributed by atoms with E-state index in [1.165, 1.54) is 21.8 Å². The normalized spacial score (nSPS) is 12.1. The second-order valence-corrected chi connectivity index (χ2v) is 10.1. The third-order valence-corrected chi connectivity index (χ3v) is 8.01. The molecule has 0 amide bonds. The van der Waals surface area contributed by atoms with Crippen molar-refractivity contribution in [3.63, 3.8) is 0 Å². The fraction of sp³-hybridized carbons (Fsp3) is 0. The lowest BCUT2D eigenvalue weighted by Gasteiger charge is -2.09. The molecule has 0 N–H and O–H groups in total. The first-order chi connectivity index (χ1) is 19.3. The Labute approximate surface area is 223 Å². The summed E-state index contributed by atoms with van der Waals surface area (Å²) in [5.41, 5.74) is 9.31. The monoisotopic (exact) mass is 499 g/mol. The maximum atomic E-state index is 6.52. The molecule has 182 valence electrons. The second-order valence-electron chi connectivity index (χ2n) is 10.1. The van der Waals surface area contributed by atoms with Gasteiger partial charge >= 0.3 is 0 Å². The zero-order valence-electron chi connectivity index (χ0n) is 20.9. The Kier molecular flexibility index (Phi) is 4.05. The predicted molar refractivity (Wildman–Crippen MR) is 161 cm³/mol. The van der Waals surface area contributed by atoms with Gasteiger partial charge in [-0.1, -0.05) is 78.9 Å². The van der Waals surface area contributed by atoms with Crippen molar-refractivity contribution in [1.82, 2.24) is 4.57 Å². The minimum absolute atomic E-state index is 0.875. The van der Waals surface area contributed by atoms with E-state index in [-0.39, 0.29) is 0 Å². The van der Waals surface area contributed by atoms with Crippen LogP contribution in [0.25, 0.3) is 82.5 Å². The number of hydrogen-bond donors (Lipinski definition) is 0. The molecule has 0 saturated heterocycles. The highest BCUT2D eigenvalue weighted by molar-refractivity contribution is 6.16. The minimum atomic E-state index is 0.875. The van der Waals surface area contributed by atoms with Crippen LogP contribution in [0.4, 0.5) is 0 Å². The summed E-state index contributed by atoms with van der Waals surface area (Å²) in [6.07, 6.45) is 0. The molecule has 6 aromatic carbocycles. The molecule has 0 aliphatic heterocycles. The summed E-state index contributed by atoms with van der Waals surface area (Å²) in [4.78, 5) is 0. The summed E-state index contributed by atoms with van der Waals surface area (Å²) in [5.74, 6) is 0. The van der Waals surface area contributed by atoms with Gasteiger partial charge in [0.15, 0.2) is 0 Å². The third-order valence-electron chi connectivity index (χ3n) is 8.01. The van der Waals surface area contributed by atoms with E-state index in [4.69, 9.17) is 8.83 Å². The standard InChI is InChI=1S/C36H21NO2/c1-4-13-28-24(9-1)25-10-2-5-14-29(25)37(28)30-15-8-18-33-36(30)27-20-19-22(21-34(27)39-33)23-12-7-17-32-35(23)26-11-3-6-16-31(26)38-32/h1-21H.